The van der Waals surface area contributed by atoms with Gasteiger partial charge in [0.25, 0.3) is 0 Å². The summed E-state index contributed by atoms with van der Waals surface area (Å²) in [5.74, 6) is -0.851. The third-order valence-corrected chi connectivity index (χ3v) is 2.65. The third kappa shape index (κ3) is 3.00. The molecule has 0 aliphatic rings. The summed E-state index contributed by atoms with van der Waals surface area (Å²) in [6, 6.07) is 4.49. The van der Waals surface area contributed by atoms with Crippen LogP contribution in [0.4, 0.5) is 0 Å². The SMILES string of the molecule is CCCC(=C(C)C(N)=O)c1ccc(O)c(O)c1. The average molecular weight is 235 g/mol. The number of aromatic hydroxyl groups is 2. The van der Waals surface area contributed by atoms with Gasteiger partial charge < -0.3 is 15.9 Å². The van der Waals surface area contributed by atoms with Crippen molar-refractivity contribution >= 4 is 11.5 Å². The molecule has 0 saturated heterocycles. The molecular formula is C13H17NO3. The van der Waals surface area contributed by atoms with Gasteiger partial charge in [-0.1, -0.05) is 19.4 Å². The number of hydrogen-bond donors (Lipinski definition) is 3. The van der Waals surface area contributed by atoms with Crippen LogP contribution in [0.2, 0.25) is 0 Å². The molecule has 0 aromatic heterocycles. The maximum Gasteiger partial charge on any atom is 0.244 e. The Kier molecular flexibility index (Phi) is 4.15. The number of primary amides is 1. The van der Waals surface area contributed by atoms with Gasteiger partial charge in [0.05, 0.1) is 0 Å². The van der Waals surface area contributed by atoms with E-state index in [1.54, 1.807) is 13.0 Å². The molecule has 1 rings (SSSR count). The molecule has 0 unspecified atom stereocenters. The molecule has 4 N–H and O–H groups in total. The van der Waals surface area contributed by atoms with Crippen molar-refractivity contribution < 1.29 is 15.0 Å². The highest BCUT2D eigenvalue weighted by Gasteiger charge is 2.11. The first-order valence-electron chi connectivity index (χ1n) is 5.49. The predicted octanol–water partition coefficient (Wildman–Crippen LogP) is 2.16. The Labute approximate surface area is 100 Å². The smallest absolute Gasteiger partial charge is 0.244 e. The van der Waals surface area contributed by atoms with E-state index in [9.17, 15) is 15.0 Å². The van der Waals surface area contributed by atoms with E-state index in [1.165, 1.54) is 12.1 Å². The van der Waals surface area contributed by atoms with Crippen LogP contribution in [0.3, 0.4) is 0 Å². The minimum atomic E-state index is -0.471. The van der Waals surface area contributed by atoms with Gasteiger partial charge in [0.1, 0.15) is 0 Å². The van der Waals surface area contributed by atoms with E-state index in [0.29, 0.717) is 17.6 Å². The Morgan fingerprint density at radius 2 is 1.94 bits per heavy atom. The van der Waals surface area contributed by atoms with Crippen molar-refractivity contribution in [1.82, 2.24) is 0 Å². The largest absolute Gasteiger partial charge is 0.504 e. The van der Waals surface area contributed by atoms with Crippen LogP contribution >= 0.6 is 0 Å². The summed E-state index contributed by atoms with van der Waals surface area (Å²) in [5.41, 5.74) is 7.26. The molecule has 0 fully saturated rings. The average Bonchev–Trinajstić information content (AvgIpc) is 2.29. The Bertz CT molecular complexity index is 464. The first kappa shape index (κ1) is 13.1. The van der Waals surface area contributed by atoms with E-state index in [1.807, 2.05) is 6.92 Å². The maximum absolute atomic E-state index is 11.2. The molecule has 1 aromatic rings. The second-order valence-electron chi connectivity index (χ2n) is 3.92. The molecule has 4 nitrogen and oxygen atoms in total. The van der Waals surface area contributed by atoms with Gasteiger partial charge in [-0.15, -0.1) is 0 Å². The normalized spacial score (nSPS) is 12.1. The van der Waals surface area contributed by atoms with E-state index in [-0.39, 0.29) is 11.5 Å². The van der Waals surface area contributed by atoms with Crippen molar-refractivity contribution in [2.75, 3.05) is 0 Å². The zero-order valence-corrected chi connectivity index (χ0v) is 10.0. The molecule has 1 amide bonds. The van der Waals surface area contributed by atoms with Crippen LogP contribution in [0, 0.1) is 0 Å². The van der Waals surface area contributed by atoms with E-state index in [0.717, 1.165) is 12.0 Å². The fourth-order valence-electron chi connectivity index (χ4n) is 1.66. The number of phenolic OH excluding ortho intramolecular Hbond substituents is 2. The second-order valence-corrected chi connectivity index (χ2v) is 3.92. The van der Waals surface area contributed by atoms with E-state index >= 15 is 0 Å². The van der Waals surface area contributed by atoms with Crippen molar-refractivity contribution in [1.29, 1.82) is 0 Å². The summed E-state index contributed by atoms with van der Waals surface area (Å²) in [6.07, 6.45) is 1.56. The van der Waals surface area contributed by atoms with Gasteiger partial charge in [-0.25, -0.2) is 0 Å². The quantitative estimate of drug-likeness (QED) is 0.552. The number of carbonyl (C=O) groups excluding carboxylic acids is 1. The van der Waals surface area contributed by atoms with Crippen LogP contribution in [0.5, 0.6) is 11.5 Å². The van der Waals surface area contributed by atoms with Crippen LogP contribution in [0.1, 0.15) is 32.3 Å². The molecule has 92 valence electrons. The fourth-order valence-corrected chi connectivity index (χ4v) is 1.66. The summed E-state index contributed by atoms with van der Waals surface area (Å²) in [4.78, 5) is 11.2. The highest BCUT2D eigenvalue weighted by atomic mass is 16.3. The maximum atomic E-state index is 11.2. The number of allylic oxidation sites excluding steroid dienone is 1. The lowest BCUT2D eigenvalue weighted by molar-refractivity contribution is -0.114. The highest BCUT2D eigenvalue weighted by molar-refractivity contribution is 5.99. The number of hydrogen-bond acceptors (Lipinski definition) is 3. The van der Waals surface area contributed by atoms with E-state index in [2.05, 4.69) is 0 Å². The lowest BCUT2D eigenvalue weighted by Crippen LogP contribution is -2.13. The monoisotopic (exact) mass is 235 g/mol. The topological polar surface area (TPSA) is 83.6 Å². The fraction of sp³-hybridized carbons (Fsp3) is 0.308. The molecule has 0 atom stereocenters. The zero-order chi connectivity index (χ0) is 13.0. The van der Waals surface area contributed by atoms with Crippen LogP contribution in [-0.4, -0.2) is 16.1 Å². The number of amides is 1. The van der Waals surface area contributed by atoms with Gasteiger partial charge in [0, 0.05) is 5.57 Å². The van der Waals surface area contributed by atoms with Gasteiger partial charge in [-0.05, 0) is 36.6 Å². The molecule has 0 heterocycles. The predicted molar refractivity (Wildman–Crippen MR) is 66.5 cm³/mol. The standard InChI is InChI=1S/C13H17NO3/c1-3-4-10(8(2)13(14)17)9-5-6-11(15)12(16)7-9/h5-7,15-16H,3-4H2,1-2H3,(H2,14,17). The van der Waals surface area contributed by atoms with Crippen LogP contribution in [0.15, 0.2) is 23.8 Å². The molecule has 0 radical (unpaired) electrons. The van der Waals surface area contributed by atoms with Crippen molar-refractivity contribution in [3.8, 4) is 11.5 Å². The van der Waals surface area contributed by atoms with Gasteiger partial charge in [0.2, 0.25) is 5.91 Å². The van der Waals surface area contributed by atoms with E-state index in [4.69, 9.17) is 5.73 Å². The van der Waals surface area contributed by atoms with Crippen LogP contribution < -0.4 is 5.73 Å². The van der Waals surface area contributed by atoms with Gasteiger partial charge in [0.15, 0.2) is 11.5 Å². The number of benzene rings is 1. The summed E-state index contributed by atoms with van der Waals surface area (Å²) in [6.45, 7) is 3.66. The van der Waals surface area contributed by atoms with Gasteiger partial charge in [-0.2, -0.15) is 0 Å². The van der Waals surface area contributed by atoms with Crippen LogP contribution in [0.25, 0.3) is 5.57 Å². The van der Waals surface area contributed by atoms with Gasteiger partial charge >= 0.3 is 0 Å². The van der Waals surface area contributed by atoms with Crippen molar-refractivity contribution in [2.45, 2.75) is 26.7 Å². The Morgan fingerprint density at radius 3 is 2.41 bits per heavy atom. The molecular weight excluding hydrogens is 218 g/mol. The minimum absolute atomic E-state index is 0.179. The molecule has 4 heteroatoms. The number of phenols is 2. The molecule has 0 spiro atoms. The Morgan fingerprint density at radius 1 is 1.29 bits per heavy atom. The van der Waals surface area contributed by atoms with Crippen molar-refractivity contribution in [2.24, 2.45) is 5.73 Å². The van der Waals surface area contributed by atoms with Crippen LogP contribution in [-0.2, 0) is 4.79 Å². The molecule has 1 aromatic carbocycles. The zero-order valence-electron chi connectivity index (χ0n) is 10.0. The summed E-state index contributed by atoms with van der Waals surface area (Å²) >= 11 is 0. The summed E-state index contributed by atoms with van der Waals surface area (Å²) in [7, 11) is 0. The number of rotatable bonds is 4. The van der Waals surface area contributed by atoms with E-state index < -0.39 is 5.91 Å². The first-order valence-corrected chi connectivity index (χ1v) is 5.49. The lowest BCUT2D eigenvalue weighted by Gasteiger charge is -2.11. The third-order valence-electron chi connectivity index (χ3n) is 2.65. The Balaban J connectivity index is 3.28. The lowest BCUT2D eigenvalue weighted by atomic mass is 9.96. The number of nitrogens with two attached hydrogens (primary N) is 1. The Hall–Kier alpha value is -1.97. The summed E-state index contributed by atoms with van der Waals surface area (Å²) < 4.78 is 0. The molecule has 0 aliphatic heterocycles. The second kappa shape index (κ2) is 5.39. The van der Waals surface area contributed by atoms with Gasteiger partial charge in [-0.3, -0.25) is 4.79 Å². The highest BCUT2D eigenvalue weighted by Crippen LogP contribution is 2.31. The molecule has 0 saturated carbocycles. The molecule has 17 heavy (non-hydrogen) atoms. The molecule has 0 bridgehead atoms. The molecule has 0 aliphatic carbocycles. The van der Waals surface area contributed by atoms with Crippen molar-refractivity contribution in [3.05, 3.63) is 29.3 Å². The first-order chi connectivity index (χ1) is 7.97. The van der Waals surface area contributed by atoms with Crippen molar-refractivity contribution in [3.63, 3.8) is 0 Å². The number of carbonyl (C=O) groups is 1. The minimum Gasteiger partial charge on any atom is -0.504 e. The summed E-state index contributed by atoms with van der Waals surface area (Å²) in [5, 5.41) is 18.7.